The Morgan fingerprint density at radius 1 is 1.31 bits per heavy atom. The quantitative estimate of drug-likeness (QED) is 0.735. The van der Waals surface area contributed by atoms with Gasteiger partial charge in [-0.15, -0.1) is 6.58 Å². The number of amides is 1. The van der Waals surface area contributed by atoms with Crippen LogP contribution < -0.4 is 5.32 Å². The molecule has 5 atom stereocenters. The number of carbonyl (C=O) groups excluding carboxylic acids is 1. The maximum absolute atomic E-state index is 12.9. The maximum Gasteiger partial charge on any atom is 0.322 e. The van der Waals surface area contributed by atoms with Crippen LogP contribution in [0.25, 0.3) is 0 Å². The van der Waals surface area contributed by atoms with Crippen molar-refractivity contribution in [1.82, 2.24) is 5.32 Å². The molecule has 0 aromatic heterocycles. The lowest BCUT2D eigenvalue weighted by atomic mass is 9.46. The van der Waals surface area contributed by atoms with Crippen LogP contribution in [-0.4, -0.2) is 23.5 Å². The minimum absolute atomic E-state index is 0.0545. The molecule has 0 aromatic carbocycles. The molecule has 3 aliphatic rings. The van der Waals surface area contributed by atoms with Crippen LogP contribution in [0, 0.1) is 28.1 Å². The fraction of sp³-hybridized carbons (Fsp3) is 0.727. The monoisotopic (exact) mass is 359 g/mol. The molecule has 0 heterocycles. The highest BCUT2D eigenvalue weighted by Crippen LogP contribution is 2.63. The Hall–Kier alpha value is -1.58. The number of carbonyl (C=O) groups is 2. The SMILES string of the molecule is C=C[C@@]1(C)CC=C2[C@@H](CC[C@@H]3[C@](C)(C(=O)NCC(=O)O)CCC[C@@]23C)C1. The molecule has 0 saturated heterocycles. The van der Waals surface area contributed by atoms with E-state index < -0.39 is 11.4 Å². The number of carboxylic acids is 1. The van der Waals surface area contributed by atoms with E-state index in [1.165, 1.54) is 0 Å². The van der Waals surface area contributed by atoms with Crippen molar-refractivity contribution < 1.29 is 14.7 Å². The normalized spacial score (nSPS) is 42.0. The highest BCUT2D eigenvalue weighted by Gasteiger charge is 2.57. The van der Waals surface area contributed by atoms with Gasteiger partial charge in [0.25, 0.3) is 0 Å². The fourth-order valence-corrected chi connectivity index (χ4v) is 6.24. The van der Waals surface area contributed by atoms with Gasteiger partial charge in [-0.05, 0) is 61.2 Å². The number of carboxylic acid groups (broad SMARTS) is 1. The van der Waals surface area contributed by atoms with Crippen molar-refractivity contribution in [3.05, 3.63) is 24.3 Å². The van der Waals surface area contributed by atoms with Gasteiger partial charge < -0.3 is 10.4 Å². The molecule has 3 aliphatic carbocycles. The van der Waals surface area contributed by atoms with Gasteiger partial charge in [0.2, 0.25) is 5.91 Å². The molecule has 2 saturated carbocycles. The molecule has 144 valence electrons. The first kappa shape index (κ1) is 19.2. The van der Waals surface area contributed by atoms with Gasteiger partial charge in [-0.2, -0.15) is 0 Å². The summed E-state index contributed by atoms with van der Waals surface area (Å²) in [4.78, 5) is 23.8. The molecular weight excluding hydrogens is 326 g/mol. The highest BCUT2D eigenvalue weighted by molar-refractivity contribution is 5.86. The van der Waals surface area contributed by atoms with Gasteiger partial charge in [0, 0.05) is 0 Å². The van der Waals surface area contributed by atoms with Gasteiger partial charge in [-0.1, -0.05) is 44.9 Å². The number of rotatable bonds is 4. The van der Waals surface area contributed by atoms with Crippen molar-refractivity contribution in [1.29, 1.82) is 0 Å². The third-order valence-corrected chi connectivity index (χ3v) is 7.75. The summed E-state index contributed by atoms with van der Waals surface area (Å²) in [5.41, 5.74) is 1.32. The van der Waals surface area contributed by atoms with Crippen LogP contribution in [0.4, 0.5) is 0 Å². The summed E-state index contributed by atoms with van der Waals surface area (Å²) in [6, 6.07) is 0. The summed E-state index contributed by atoms with van der Waals surface area (Å²) in [6.45, 7) is 10.5. The second-order valence-corrected chi connectivity index (χ2v) is 9.52. The van der Waals surface area contributed by atoms with Crippen molar-refractivity contribution in [3.8, 4) is 0 Å². The molecule has 26 heavy (non-hydrogen) atoms. The summed E-state index contributed by atoms with van der Waals surface area (Å²) in [7, 11) is 0. The van der Waals surface area contributed by atoms with E-state index in [0.717, 1.165) is 44.9 Å². The third-order valence-electron chi connectivity index (χ3n) is 7.75. The lowest BCUT2D eigenvalue weighted by Gasteiger charge is -2.58. The van der Waals surface area contributed by atoms with Gasteiger partial charge in [-0.25, -0.2) is 0 Å². The number of allylic oxidation sites excluding steroid dienone is 3. The number of hydrogen-bond acceptors (Lipinski definition) is 2. The Morgan fingerprint density at radius 2 is 2.04 bits per heavy atom. The highest BCUT2D eigenvalue weighted by atomic mass is 16.4. The van der Waals surface area contributed by atoms with Gasteiger partial charge in [0.1, 0.15) is 6.54 Å². The largest absolute Gasteiger partial charge is 0.480 e. The van der Waals surface area contributed by atoms with Crippen molar-refractivity contribution in [3.63, 3.8) is 0 Å². The average molecular weight is 360 g/mol. The molecule has 2 N–H and O–H groups in total. The Morgan fingerprint density at radius 3 is 2.69 bits per heavy atom. The predicted molar refractivity (Wildman–Crippen MR) is 103 cm³/mol. The Bertz CT molecular complexity index is 654. The van der Waals surface area contributed by atoms with Crippen LogP contribution in [0.3, 0.4) is 0 Å². The van der Waals surface area contributed by atoms with E-state index in [0.29, 0.717) is 5.92 Å². The first-order valence-electron chi connectivity index (χ1n) is 9.99. The summed E-state index contributed by atoms with van der Waals surface area (Å²) in [6.07, 6.45) is 11.9. The Balaban J connectivity index is 1.89. The fourth-order valence-electron chi connectivity index (χ4n) is 6.24. The number of nitrogens with one attached hydrogen (secondary N) is 1. The van der Waals surface area contributed by atoms with E-state index in [1.54, 1.807) is 5.57 Å². The minimum atomic E-state index is -0.983. The molecule has 3 rings (SSSR count). The lowest BCUT2D eigenvalue weighted by molar-refractivity contribution is -0.146. The van der Waals surface area contributed by atoms with Crippen LogP contribution in [-0.2, 0) is 9.59 Å². The van der Waals surface area contributed by atoms with E-state index in [1.807, 2.05) is 0 Å². The first-order chi connectivity index (χ1) is 12.1. The van der Waals surface area contributed by atoms with Crippen LogP contribution in [0.15, 0.2) is 24.3 Å². The summed E-state index contributed by atoms with van der Waals surface area (Å²) < 4.78 is 0. The van der Waals surface area contributed by atoms with Gasteiger partial charge in [0.15, 0.2) is 0 Å². The van der Waals surface area contributed by atoms with Gasteiger partial charge in [0.05, 0.1) is 5.41 Å². The first-order valence-corrected chi connectivity index (χ1v) is 9.99. The molecule has 0 aliphatic heterocycles. The van der Waals surface area contributed by atoms with Crippen molar-refractivity contribution in [2.45, 2.75) is 65.7 Å². The Labute approximate surface area is 157 Å². The summed E-state index contributed by atoms with van der Waals surface area (Å²) in [5.74, 6) is -0.185. The molecule has 0 radical (unpaired) electrons. The zero-order chi connectivity index (χ0) is 19.2. The second-order valence-electron chi connectivity index (χ2n) is 9.52. The molecule has 0 bridgehead atoms. The van der Waals surface area contributed by atoms with E-state index in [-0.39, 0.29) is 29.2 Å². The van der Waals surface area contributed by atoms with Crippen molar-refractivity contribution in [2.75, 3.05) is 6.54 Å². The smallest absolute Gasteiger partial charge is 0.322 e. The van der Waals surface area contributed by atoms with Crippen LogP contribution in [0.2, 0.25) is 0 Å². The third kappa shape index (κ3) is 3.01. The molecule has 4 heteroatoms. The van der Waals surface area contributed by atoms with E-state index in [4.69, 9.17) is 5.11 Å². The van der Waals surface area contributed by atoms with Crippen LogP contribution >= 0.6 is 0 Å². The lowest BCUT2D eigenvalue weighted by Crippen LogP contribution is -2.55. The van der Waals surface area contributed by atoms with Crippen LogP contribution in [0.1, 0.15) is 65.7 Å². The number of fused-ring (bicyclic) bond motifs is 3. The average Bonchev–Trinajstić information content (AvgIpc) is 2.59. The molecule has 2 fully saturated rings. The zero-order valence-electron chi connectivity index (χ0n) is 16.4. The zero-order valence-corrected chi connectivity index (χ0v) is 16.4. The topological polar surface area (TPSA) is 66.4 Å². The van der Waals surface area contributed by atoms with Crippen molar-refractivity contribution >= 4 is 11.9 Å². The molecule has 0 unspecified atom stereocenters. The standard InChI is InChI=1S/C22H33NO3/c1-5-20(2)12-9-16-15(13-20)7-8-17-21(16,3)10-6-11-22(17,4)19(26)23-14-18(24)25/h5,9,15,17H,1,6-8,10-14H2,2-4H3,(H,23,26)(H,24,25)/t15-,17-,20-,21-,22+/m0/s1. The van der Waals surface area contributed by atoms with Gasteiger partial charge >= 0.3 is 5.97 Å². The van der Waals surface area contributed by atoms with Crippen molar-refractivity contribution in [2.24, 2.45) is 28.1 Å². The van der Waals surface area contributed by atoms with Gasteiger partial charge in [-0.3, -0.25) is 9.59 Å². The number of aliphatic carboxylic acids is 1. The molecule has 1 amide bonds. The second kappa shape index (κ2) is 6.54. The summed E-state index contributed by atoms with van der Waals surface area (Å²) in [5, 5.41) is 11.6. The minimum Gasteiger partial charge on any atom is -0.480 e. The summed E-state index contributed by atoms with van der Waals surface area (Å²) >= 11 is 0. The van der Waals surface area contributed by atoms with E-state index in [9.17, 15) is 9.59 Å². The molecular formula is C22H33NO3. The molecule has 0 spiro atoms. The predicted octanol–water partition coefficient (Wildman–Crippen LogP) is 4.32. The number of hydrogen-bond donors (Lipinski definition) is 2. The Kier molecular flexibility index (Phi) is 4.83. The molecule has 0 aromatic rings. The molecule has 4 nitrogen and oxygen atoms in total. The van der Waals surface area contributed by atoms with E-state index >= 15 is 0 Å². The van der Waals surface area contributed by atoms with Crippen LogP contribution in [0.5, 0.6) is 0 Å². The van der Waals surface area contributed by atoms with E-state index in [2.05, 4.69) is 44.8 Å². The maximum atomic E-state index is 12.9.